The van der Waals surface area contributed by atoms with Crippen LogP contribution in [0.4, 0.5) is 0 Å². The van der Waals surface area contributed by atoms with E-state index >= 15 is 0 Å². The third-order valence-corrected chi connectivity index (χ3v) is 4.47. The lowest BCUT2D eigenvalue weighted by molar-refractivity contribution is 0.0950. The number of carbonyl (C=O) groups excluding carboxylic acids is 1. The molecule has 0 saturated carbocycles. The number of phenolic OH excluding ortho intramolecular Hbond substituents is 1. The first kappa shape index (κ1) is 17.5. The summed E-state index contributed by atoms with van der Waals surface area (Å²) in [6.07, 6.45) is 1.68. The van der Waals surface area contributed by atoms with Crippen molar-refractivity contribution >= 4 is 15.9 Å². The van der Waals surface area contributed by atoms with E-state index in [1.54, 1.807) is 19.1 Å². The van der Waals surface area contributed by atoms with Gasteiger partial charge in [-0.25, -0.2) is 12.7 Å². The molecule has 1 rings (SSSR count). The second kappa shape index (κ2) is 7.42. The van der Waals surface area contributed by atoms with E-state index in [1.165, 1.54) is 16.6 Å². The second-order valence-electron chi connectivity index (χ2n) is 4.88. The minimum atomic E-state index is -3.20. The van der Waals surface area contributed by atoms with Crippen molar-refractivity contribution in [2.45, 2.75) is 20.3 Å². The van der Waals surface area contributed by atoms with Crippen LogP contribution in [0, 0.1) is 6.92 Å². The molecule has 0 bridgehead atoms. The maximum atomic E-state index is 11.9. The molecule has 0 aliphatic carbocycles. The van der Waals surface area contributed by atoms with Crippen LogP contribution < -0.4 is 5.32 Å². The van der Waals surface area contributed by atoms with Crippen molar-refractivity contribution in [3.63, 3.8) is 0 Å². The summed E-state index contributed by atoms with van der Waals surface area (Å²) in [5.41, 5.74) is 1.09. The van der Waals surface area contributed by atoms with E-state index in [2.05, 4.69) is 5.32 Å². The van der Waals surface area contributed by atoms with E-state index in [9.17, 15) is 18.3 Å². The van der Waals surface area contributed by atoms with Crippen LogP contribution in [0.3, 0.4) is 0 Å². The van der Waals surface area contributed by atoms with Gasteiger partial charge in [0.1, 0.15) is 5.75 Å². The Morgan fingerprint density at radius 3 is 2.57 bits per heavy atom. The summed E-state index contributed by atoms with van der Waals surface area (Å²) in [6.45, 7) is 4.70. The lowest BCUT2D eigenvalue weighted by atomic mass is 10.1. The number of aromatic hydroxyl groups is 1. The molecule has 0 aromatic heterocycles. The predicted octanol–water partition coefficient (Wildman–Crippen LogP) is 1.10. The summed E-state index contributed by atoms with van der Waals surface area (Å²) >= 11 is 0. The van der Waals surface area contributed by atoms with Crippen molar-refractivity contribution in [2.75, 3.05) is 25.9 Å². The fraction of sp³-hybridized carbons (Fsp3) is 0.500. The van der Waals surface area contributed by atoms with Crippen LogP contribution in [0.2, 0.25) is 0 Å². The molecule has 0 atom stereocenters. The molecule has 0 heterocycles. The average Bonchev–Trinajstić information content (AvgIpc) is 2.36. The molecule has 0 fully saturated rings. The van der Waals surface area contributed by atoms with Crippen LogP contribution in [0.5, 0.6) is 5.75 Å². The molecule has 0 aliphatic heterocycles. The molecule has 0 unspecified atom stereocenters. The number of nitrogens with one attached hydrogen (secondary N) is 1. The fourth-order valence-electron chi connectivity index (χ4n) is 1.94. The van der Waals surface area contributed by atoms with Gasteiger partial charge >= 0.3 is 0 Å². The van der Waals surface area contributed by atoms with Crippen LogP contribution >= 0.6 is 0 Å². The lowest BCUT2D eigenvalue weighted by Crippen LogP contribution is -2.33. The molecular weight excluding hydrogens is 292 g/mol. The maximum absolute atomic E-state index is 11.9. The van der Waals surface area contributed by atoms with Crippen LogP contribution in [0.15, 0.2) is 18.2 Å². The standard InChI is InChI=1S/C14H22N2O4S/c1-4-16(21(3,19)20)9-5-8-15-14(18)12-7-6-11(2)10-13(12)17/h6-7,10,17H,4-5,8-9H2,1-3H3,(H,15,18). The second-order valence-corrected chi connectivity index (χ2v) is 6.87. The number of phenols is 1. The van der Waals surface area contributed by atoms with Gasteiger partial charge in [0.2, 0.25) is 10.0 Å². The van der Waals surface area contributed by atoms with Crippen molar-refractivity contribution in [3.05, 3.63) is 29.3 Å². The molecule has 21 heavy (non-hydrogen) atoms. The molecule has 118 valence electrons. The van der Waals surface area contributed by atoms with E-state index < -0.39 is 10.0 Å². The molecule has 0 saturated heterocycles. The zero-order valence-corrected chi connectivity index (χ0v) is 13.4. The SMILES string of the molecule is CCN(CCCNC(=O)c1ccc(C)cc1O)S(C)(=O)=O. The summed E-state index contributed by atoms with van der Waals surface area (Å²) in [4.78, 5) is 11.9. The highest BCUT2D eigenvalue weighted by atomic mass is 32.2. The van der Waals surface area contributed by atoms with Crippen molar-refractivity contribution in [3.8, 4) is 5.75 Å². The summed E-state index contributed by atoms with van der Waals surface area (Å²) < 4.78 is 24.1. The minimum Gasteiger partial charge on any atom is -0.507 e. The van der Waals surface area contributed by atoms with E-state index in [0.717, 1.165) is 5.56 Å². The number of hydrogen-bond donors (Lipinski definition) is 2. The number of benzene rings is 1. The normalized spacial score (nSPS) is 11.6. The Bertz CT molecular complexity index is 599. The molecule has 1 amide bonds. The van der Waals surface area contributed by atoms with Crippen molar-refractivity contribution < 1.29 is 18.3 Å². The topological polar surface area (TPSA) is 86.7 Å². The number of rotatable bonds is 7. The third kappa shape index (κ3) is 5.35. The fourth-order valence-corrected chi connectivity index (χ4v) is 2.87. The Morgan fingerprint density at radius 1 is 1.38 bits per heavy atom. The van der Waals surface area contributed by atoms with Crippen molar-refractivity contribution in [2.24, 2.45) is 0 Å². The van der Waals surface area contributed by atoms with Crippen molar-refractivity contribution in [1.82, 2.24) is 9.62 Å². The van der Waals surface area contributed by atoms with Gasteiger partial charge in [0, 0.05) is 19.6 Å². The number of carbonyl (C=O) groups is 1. The quantitative estimate of drug-likeness (QED) is 0.738. The summed E-state index contributed by atoms with van der Waals surface area (Å²) in [7, 11) is -3.20. The van der Waals surface area contributed by atoms with Gasteiger partial charge in [-0.05, 0) is 31.0 Å². The van der Waals surface area contributed by atoms with E-state index in [0.29, 0.717) is 26.1 Å². The first-order valence-electron chi connectivity index (χ1n) is 6.78. The molecular formula is C14H22N2O4S. The van der Waals surface area contributed by atoms with E-state index in [-0.39, 0.29) is 17.2 Å². The molecule has 2 N–H and O–H groups in total. The highest BCUT2D eigenvalue weighted by molar-refractivity contribution is 7.88. The first-order chi connectivity index (χ1) is 9.75. The van der Waals surface area contributed by atoms with Gasteiger partial charge in [0.25, 0.3) is 5.91 Å². The van der Waals surface area contributed by atoms with E-state index in [4.69, 9.17) is 0 Å². The van der Waals surface area contributed by atoms with Crippen LogP contribution in [0.25, 0.3) is 0 Å². The number of hydrogen-bond acceptors (Lipinski definition) is 4. The van der Waals surface area contributed by atoms with Gasteiger partial charge < -0.3 is 10.4 Å². The number of amides is 1. The summed E-state index contributed by atoms with van der Waals surface area (Å²) in [5.74, 6) is -0.422. The van der Waals surface area contributed by atoms with Gasteiger partial charge in [-0.1, -0.05) is 13.0 Å². The zero-order valence-electron chi connectivity index (χ0n) is 12.6. The van der Waals surface area contributed by atoms with Crippen LogP contribution in [-0.4, -0.2) is 49.6 Å². The molecule has 0 spiro atoms. The summed E-state index contributed by atoms with van der Waals surface area (Å²) in [6, 6.07) is 4.84. The first-order valence-corrected chi connectivity index (χ1v) is 8.63. The average molecular weight is 314 g/mol. The summed E-state index contributed by atoms with van der Waals surface area (Å²) in [5, 5.41) is 12.4. The minimum absolute atomic E-state index is 0.0566. The molecule has 1 aromatic carbocycles. The molecule has 0 radical (unpaired) electrons. The number of aryl methyl sites for hydroxylation is 1. The van der Waals surface area contributed by atoms with Gasteiger partial charge in [0.05, 0.1) is 11.8 Å². The Morgan fingerprint density at radius 2 is 2.05 bits per heavy atom. The van der Waals surface area contributed by atoms with Crippen LogP contribution in [0.1, 0.15) is 29.3 Å². The molecule has 1 aromatic rings. The van der Waals surface area contributed by atoms with Crippen LogP contribution in [-0.2, 0) is 10.0 Å². The highest BCUT2D eigenvalue weighted by Gasteiger charge is 2.14. The molecule has 6 nitrogen and oxygen atoms in total. The molecule has 0 aliphatic rings. The highest BCUT2D eigenvalue weighted by Crippen LogP contribution is 2.17. The number of sulfonamides is 1. The Hall–Kier alpha value is -1.60. The zero-order chi connectivity index (χ0) is 16.0. The van der Waals surface area contributed by atoms with E-state index in [1.807, 2.05) is 6.92 Å². The molecule has 7 heteroatoms. The maximum Gasteiger partial charge on any atom is 0.255 e. The van der Waals surface area contributed by atoms with Gasteiger partial charge in [-0.2, -0.15) is 0 Å². The van der Waals surface area contributed by atoms with Gasteiger partial charge in [0.15, 0.2) is 0 Å². The predicted molar refractivity (Wildman–Crippen MR) is 81.9 cm³/mol. The third-order valence-electron chi connectivity index (χ3n) is 3.09. The Kier molecular flexibility index (Phi) is 6.17. The lowest BCUT2D eigenvalue weighted by Gasteiger charge is -2.17. The smallest absolute Gasteiger partial charge is 0.255 e. The Labute approximate surface area is 125 Å². The largest absolute Gasteiger partial charge is 0.507 e. The Balaban J connectivity index is 2.47. The van der Waals surface area contributed by atoms with Gasteiger partial charge in [-0.3, -0.25) is 4.79 Å². The number of nitrogens with zero attached hydrogens (tertiary/aromatic N) is 1. The van der Waals surface area contributed by atoms with Crippen molar-refractivity contribution in [1.29, 1.82) is 0 Å². The monoisotopic (exact) mass is 314 g/mol. The van der Waals surface area contributed by atoms with Gasteiger partial charge in [-0.15, -0.1) is 0 Å².